The lowest BCUT2D eigenvalue weighted by atomic mass is 10.2. The second-order valence-electron chi connectivity index (χ2n) is 5.91. The lowest BCUT2D eigenvalue weighted by molar-refractivity contribution is 0.509. The highest BCUT2D eigenvalue weighted by atomic mass is 19.2. The Bertz CT molecular complexity index is 884. The molecule has 0 saturated carbocycles. The van der Waals surface area contributed by atoms with Gasteiger partial charge in [-0.2, -0.15) is 0 Å². The van der Waals surface area contributed by atoms with E-state index >= 15 is 0 Å². The third-order valence-corrected chi connectivity index (χ3v) is 3.94. The van der Waals surface area contributed by atoms with Gasteiger partial charge in [0.25, 0.3) is 0 Å². The zero-order chi connectivity index (χ0) is 18.5. The maximum absolute atomic E-state index is 13.4. The Kier molecular flexibility index (Phi) is 5.41. The normalized spacial score (nSPS) is 10.6. The molecule has 1 aromatic heterocycles. The fourth-order valence-corrected chi connectivity index (χ4v) is 2.66. The Morgan fingerprint density at radius 3 is 2.42 bits per heavy atom. The molecule has 0 bridgehead atoms. The molecule has 26 heavy (non-hydrogen) atoms. The fourth-order valence-electron chi connectivity index (χ4n) is 2.66. The summed E-state index contributed by atoms with van der Waals surface area (Å²) in [7, 11) is 0. The molecule has 1 N–H and O–H groups in total. The van der Waals surface area contributed by atoms with Crippen LogP contribution < -0.4 is 10.2 Å². The fraction of sp³-hybridized carbons (Fsp3) is 0.200. The van der Waals surface area contributed by atoms with Crippen molar-refractivity contribution in [1.29, 1.82) is 0 Å². The monoisotopic (exact) mass is 354 g/mol. The van der Waals surface area contributed by atoms with E-state index in [1.165, 1.54) is 11.6 Å². The molecule has 0 fully saturated rings. The molecule has 0 amide bonds. The smallest absolute Gasteiger partial charge is 0.160 e. The van der Waals surface area contributed by atoms with Gasteiger partial charge in [-0.1, -0.05) is 30.3 Å². The van der Waals surface area contributed by atoms with E-state index in [1.807, 2.05) is 18.2 Å². The molecule has 1 heterocycles. The number of benzene rings is 2. The standard InChI is InChI=1S/C20H20F2N4/c1-3-26(13-15-7-5-4-6-8-15)20-12-19(23-14(2)24-20)25-16-9-10-17(21)18(22)11-16/h4-12H,3,13H2,1-2H3,(H,23,24,25). The second-order valence-corrected chi connectivity index (χ2v) is 5.91. The van der Waals surface area contributed by atoms with Crippen molar-refractivity contribution in [2.24, 2.45) is 0 Å². The molecule has 0 unspecified atom stereocenters. The average molecular weight is 354 g/mol. The zero-order valence-corrected chi connectivity index (χ0v) is 14.7. The molecule has 0 aliphatic rings. The van der Waals surface area contributed by atoms with Crippen LogP contribution >= 0.6 is 0 Å². The topological polar surface area (TPSA) is 41.0 Å². The van der Waals surface area contributed by atoms with Crippen molar-refractivity contribution in [3.63, 3.8) is 0 Å². The molecule has 0 saturated heterocycles. The predicted molar refractivity (Wildman–Crippen MR) is 99.6 cm³/mol. The first-order valence-corrected chi connectivity index (χ1v) is 8.42. The Morgan fingerprint density at radius 1 is 0.962 bits per heavy atom. The van der Waals surface area contributed by atoms with E-state index in [9.17, 15) is 8.78 Å². The Labute approximate surface area is 151 Å². The van der Waals surface area contributed by atoms with Gasteiger partial charge in [-0.3, -0.25) is 0 Å². The second kappa shape index (κ2) is 7.91. The number of aryl methyl sites for hydroxylation is 1. The Morgan fingerprint density at radius 2 is 1.73 bits per heavy atom. The average Bonchev–Trinajstić information content (AvgIpc) is 2.63. The molecule has 0 aliphatic carbocycles. The number of halogens is 2. The predicted octanol–water partition coefficient (Wildman–Crippen LogP) is 4.83. The van der Waals surface area contributed by atoms with Gasteiger partial charge in [-0.15, -0.1) is 0 Å². The first kappa shape index (κ1) is 17.8. The molecular weight excluding hydrogens is 334 g/mol. The van der Waals surface area contributed by atoms with Crippen molar-refractivity contribution in [2.45, 2.75) is 20.4 Å². The zero-order valence-electron chi connectivity index (χ0n) is 14.7. The number of nitrogens with zero attached hydrogens (tertiary/aromatic N) is 3. The van der Waals surface area contributed by atoms with Crippen molar-refractivity contribution >= 4 is 17.3 Å². The lowest BCUT2D eigenvalue weighted by Gasteiger charge is -2.23. The van der Waals surface area contributed by atoms with Crippen LogP contribution in [0.5, 0.6) is 0 Å². The molecule has 0 spiro atoms. The molecule has 6 heteroatoms. The number of aromatic nitrogens is 2. The van der Waals surface area contributed by atoms with Gasteiger partial charge in [0.05, 0.1) is 0 Å². The molecule has 0 atom stereocenters. The molecular formula is C20H20F2N4. The van der Waals surface area contributed by atoms with Crippen LogP contribution in [0.3, 0.4) is 0 Å². The third-order valence-electron chi connectivity index (χ3n) is 3.94. The SMILES string of the molecule is CCN(Cc1ccccc1)c1cc(Nc2ccc(F)c(F)c2)nc(C)n1. The van der Waals surface area contributed by atoms with E-state index < -0.39 is 11.6 Å². The van der Waals surface area contributed by atoms with Crippen LogP contribution in [0.25, 0.3) is 0 Å². The number of nitrogens with one attached hydrogen (secondary N) is 1. The summed E-state index contributed by atoms with van der Waals surface area (Å²) in [6.45, 7) is 5.35. The van der Waals surface area contributed by atoms with Crippen molar-refractivity contribution in [1.82, 2.24) is 9.97 Å². The minimum absolute atomic E-state index is 0.430. The van der Waals surface area contributed by atoms with Crippen LogP contribution in [0.15, 0.2) is 54.6 Å². The minimum atomic E-state index is -0.903. The highest BCUT2D eigenvalue weighted by Crippen LogP contribution is 2.22. The number of hydrogen-bond donors (Lipinski definition) is 1. The van der Waals surface area contributed by atoms with Gasteiger partial charge in [0, 0.05) is 30.9 Å². The van der Waals surface area contributed by atoms with Crippen LogP contribution in [0.2, 0.25) is 0 Å². The summed E-state index contributed by atoms with van der Waals surface area (Å²) >= 11 is 0. The summed E-state index contributed by atoms with van der Waals surface area (Å²) in [5.74, 6) is 0.119. The van der Waals surface area contributed by atoms with Crippen molar-refractivity contribution in [2.75, 3.05) is 16.8 Å². The molecule has 0 aliphatic heterocycles. The van der Waals surface area contributed by atoms with Crippen molar-refractivity contribution < 1.29 is 8.78 Å². The summed E-state index contributed by atoms with van der Waals surface area (Å²) in [6, 6.07) is 15.6. The van der Waals surface area contributed by atoms with Crippen LogP contribution in [0.4, 0.5) is 26.1 Å². The summed E-state index contributed by atoms with van der Waals surface area (Å²) in [5, 5.41) is 3.01. The molecule has 3 rings (SSSR count). The summed E-state index contributed by atoms with van der Waals surface area (Å²) in [5.41, 5.74) is 1.61. The maximum atomic E-state index is 13.4. The van der Waals surface area contributed by atoms with Gasteiger partial charge in [0.1, 0.15) is 17.5 Å². The van der Waals surface area contributed by atoms with E-state index in [-0.39, 0.29) is 0 Å². The molecule has 2 aromatic carbocycles. The van der Waals surface area contributed by atoms with Gasteiger partial charge in [0.15, 0.2) is 11.6 Å². The third kappa shape index (κ3) is 4.33. The van der Waals surface area contributed by atoms with Crippen LogP contribution in [-0.2, 0) is 6.54 Å². The van der Waals surface area contributed by atoms with E-state index in [2.05, 4.69) is 39.2 Å². The van der Waals surface area contributed by atoms with Crippen LogP contribution in [0, 0.1) is 18.6 Å². The molecule has 0 radical (unpaired) electrons. The summed E-state index contributed by atoms with van der Waals surface area (Å²) in [6.07, 6.45) is 0. The van der Waals surface area contributed by atoms with Gasteiger partial charge in [-0.25, -0.2) is 18.7 Å². The van der Waals surface area contributed by atoms with E-state index in [0.717, 1.165) is 31.0 Å². The molecule has 3 aromatic rings. The maximum Gasteiger partial charge on any atom is 0.160 e. The van der Waals surface area contributed by atoms with E-state index in [0.29, 0.717) is 17.3 Å². The summed E-state index contributed by atoms with van der Waals surface area (Å²) in [4.78, 5) is 11.0. The van der Waals surface area contributed by atoms with Gasteiger partial charge >= 0.3 is 0 Å². The number of hydrogen-bond acceptors (Lipinski definition) is 4. The number of rotatable bonds is 6. The van der Waals surface area contributed by atoms with Crippen LogP contribution in [-0.4, -0.2) is 16.5 Å². The van der Waals surface area contributed by atoms with E-state index in [4.69, 9.17) is 0 Å². The van der Waals surface area contributed by atoms with Crippen LogP contribution in [0.1, 0.15) is 18.3 Å². The quantitative estimate of drug-likeness (QED) is 0.688. The van der Waals surface area contributed by atoms with E-state index in [1.54, 1.807) is 13.0 Å². The highest BCUT2D eigenvalue weighted by Gasteiger charge is 2.11. The number of anilines is 3. The Hall–Kier alpha value is -3.02. The summed E-state index contributed by atoms with van der Waals surface area (Å²) < 4.78 is 26.5. The first-order valence-electron chi connectivity index (χ1n) is 8.42. The molecule has 134 valence electrons. The highest BCUT2D eigenvalue weighted by molar-refractivity contribution is 5.59. The first-order chi connectivity index (χ1) is 12.5. The minimum Gasteiger partial charge on any atom is -0.352 e. The Balaban J connectivity index is 1.84. The lowest BCUT2D eigenvalue weighted by Crippen LogP contribution is -2.23. The van der Waals surface area contributed by atoms with Crippen molar-refractivity contribution in [3.8, 4) is 0 Å². The van der Waals surface area contributed by atoms with Crippen molar-refractivity contribution in [3.05, 3.63) is 77.6 Å². The van der Waals surface area contributed by atoms with Gasteiger partial charge < -0.3 is 10.2 Å². The molecule has 4 nitrogen and oxygen atoms in total. The largest absolute Gasteiger partial charge is 0.352 e. The van der Waals surface area contributed by atoms with Gasteiger partial charge in [-0.05, 0) is 31.5 Å². The van der Waals surface area contributed by atoms with Gasteiger partial charge in [0.2, 0.25) is 0 Å².